The number of rotatable bonds is 1. The summed E-state index contributed by atoms with van der Waals surface area (Å²) in [6, 6.07) is 0.553. The first-order valence-electron chi connectivity index (χ1n) is 4.38. The van der Waals surface area contributed by atoms with Crippen molar-refractivity contribution in [1.82, 2.24) is 10.2 Å². The number of hydrogen-bond donors (Lipinski definition) is 1. The van der Waals surface area contributed by atoms with E-state index in [0.29, 0.717) is 12.6 Å². The zero-order chi connectivity index (χ0) is 7.68. The van der Waals surface area contributed by atoms with Crippen molar-refractivity contribution in [2.75, 3.05) is 13.2 Å². The molecule has 0 aromatic rings. The summed E-state index contributed by atoms with van der Waals surface area (Å²) in [4.78, 5) is 13.2. The van der Waals surface area contributed by atoms with Gasteiger partial charge in [0.1, 0.15) is 0 Å². The van der Waals surface area contributed by atoms with Crippen molar-refractivity contribution in [1.29, 1.82) is 0 Å². The molecule has 0 aromatic heterocycles. The van der Waals surface area contributed by atoms with E-state index >= 15 is 0 Å². The lowest BCUT2D eigenvalue weighted by atomic mass is 10.2. The number of nitrogens with zero attached hydrogens (tertiary/aromatic N) is 1. The van der Waals surface area contributed by atoms with Gasteiger partial charge < -0.3 is 4.90 Å². The predicted octanol–water partition coefficient (Wildman–Crippen LogP) is 0.318. The fourth-order valence-electron chi connectivity index (χ4n) is 2.02. The number of nitrogens with one attached hydrogen (secondary N) is 1. The van der Waals surface area contributed by atoms with Crippen LogP contribution in [0.3, 0.4) is 0 Å². The molecule has 0 bridgehead atoms. The van der Waals surface area contributed by atoms with E-state index in [2.05, 4.69) is 5.32 Å². The first kappa shape index (κ1) is 7.10. The van der Waals surface area contributed by atoms with Crippen LogP contribution in [0, 0.1) is 0 Å². The second-order valence-corrected chi connectivity index (χ2v) is 3.39. The van der Waals surface area contributed by atoms with E-state index in [4.69, 9.17) is 0 Å². The molecule has 62 valence electrons. The predicted molar refractivity (Wildman–Crippen MR) is 42.0 cm³/mol. The minimum atomic E-state index is 0.289. The Labute approximate surface area is 66.8 Å². The summed E-state index contributed by atoms with van der Waals surface area (Å²) in [6.07, 6.45) is 5.03. The van der Waals surface area contributed by atoms with Gasteiger partial charge in [0.15, 0.2) is 0 Å². The van der Waals surface area contributed by atoms with Crippen molar-refractivity contribution in [3.05, 3.63) is 0 Å². The van der Waals surface area contributed by atoms with E-state index in [1.807, 2.05) is 4.90 Å². The molecule has 2 aliphatic rings. The summed E-state index contributed by atoms with van der Waals surface area (Å²) in [7, 11) is 0. The summed E-state index contributed by atoms with van der Waals surface area (Å²) < 4.78 is 0. The number of hydrogen-bond acceptors (Lipinski definition) is 2. The fourth-order valence-corrected chi connectivity index (χ4v) is 2.02. The molecule has 3 nitrogen and oxygen atoms in total. The summed E-state index contributed by atoms with van der Waals surface area (Å²) in [5.74, 6) is 0.289. The third-order valence-electron chi connectivity index (χ3n) is 2.64. The highest BCUT2D eigenvalue weighted by Crippen LogP contribution is 2.23. The molecule has 1 saturated carbocycles. The Balaban J connectivity index is 1.97. The maximum atomic E-state index is 11.2. The molecule has 3 heteroatoms. The second kappa shape index (κ2) is 2.81. The number of amides is 1. The highest BCUT2D eigenvalue weighted by atomic mass is 16.2. The van der Waals surface area contributed by atoms with Crippen LogP contribution >= 0.6 is 0 Å². The van der Waals surface area contributed by atoms with Gasteiger partial charge in [-0.05, 0) is 12.8 Å². The summed E-state index contributed by atoms with van der Waals surface area (Å²) in [5, 5.41) is 3.08. The Bertz CT molecular complexity index is 163. The Morgan fingerprint density at radius 1 is 1.36 bits per heavy atom. The van der Waals surface area contributed by atoms with Crippen LogP contribution in [0.25, 0.3) is 0 Å². The molecule has 1 aliphatic heterocycles. The minimum absolute atomic E-state index is 0.289. The van der Waals surface area contributed by atoms with E-state index in [9.17, 15) is 4.79 Å². The molecule has 0 unspecified atom stereocenters. The zero-order valence-electron chi connectivity index (χ0n) is 6.68. The lowest BCUT2D eigenvalue weighted by Crippen LogP contribution is -2.35. The molecule has 1 aliphatic carbocycles. The van der Waals surface area contributed by atoms with E-state index in [1.54, 1.807) is 0 Å². The van der Waals surface area contributed by atoms with Gasteiger partial charge in [-0.25, -0.2) is 0 Å². The van der Waals surface area contributed by atoms with Gasteiger partial charge in [0.05, 0.1) is 13.2 Å². The standard InChI is InChI=1S/C8H14N2O/c11-8-5-9-6-10(8)7-3-1-2-4-7/h7,9H,1-6H2. The molecule has 0 aromatic carbocycles. The van der Waals surface area contributed by atoms with E-state index in [0.717, 1.165) is 6.67 Å². The lowest BCUT2D eigenvalue weighted by Gasteiger charge is -2.22. The van der Waals surface area contributed by atoms with Crippen LogP contribution in [0.2, 0.25) is 0 Å². The SMILES string of the molecule is O=C1CNCN1C1CCCC1. The molecular weight excluding hydrogens is 140 g/mol. The van der Waals surface area contributed by atoms with Gasteiger partial charge >= 0.3 is 0 Å². The molecular formula is C8H14N2O. The van der Waals surface area contributed by atoms with Crippen LogP contribution in [-0.4, -0.2) is 30.1 Å². The zero-order valence-corrected chi connectivity index (χ0v) is 6.68. The topological polar surface area (TPSA) is 32.3 Å². The van der Waals surface area contributed by atoms with Gasteiger partial charge in [0.25, 0.3) is 0 Å². The smallest absolute Gasteiger partial charge is 0.237 e. The van der Waals surface area contributed by atoms with Crippen LogP contribution in [-0.2, 0) is 4.79 Å². The van der Waals surface area contributed by atoms with Gasteiger partial charge in [0, 0.05) is 6.04 Å². The second-order valence-electron chi connectivity index (χ2n) is 3.39. The van der Waals surface area contributed by atoms with Crippen LogP contribution in [0.5, 0.6) is 0 Å². The van der Waals surface area contributed by atoms with E-state index in [1.165, 1.54) is 25.7 Å². The molecule has 0 radical (unpaired) electrons. The van der Waals surface area contributed by atoms with Crippen molar-refractivity contribution in [3.8, 4) is 0 Å². The van der Waals surface area contributed by atoms with Crippen LogP contribution in [0.1, 0.15) is 25.7 Å². The molecule has 1 heterocycles. The number of carbonyl (C=O) groups excluding carboxylic acids is 1. The highest BCUT2D eigenvalue weighted by molar-refractivity contribution is 5.80. The molecule has 1 N–H and O–H groups in total. The Hall–Kier alpha value is -0.570. The quantitative estimate of drug-likeness (QED) is 0.590. The average Bonchev–Trinajstić information content (AvgIpc) is 2.55. The third-order valence-corrected chi connectivity index (χ3v) is 2.64. The van der Waals surface area contributed by atoms with Crippen molar-refractivity contribution < 1.29 is 4.79 Å². The van der Waals surface area contributed by atoms with Crippen LogP contribution in [0.4, 0.5) is 0 Å². The summed E-state index contributed by atoms with van der Waals surface area (Å²) >= 11 is 0. The maximum Gasteiger partial charge on any atom is 0.237 e. The maximum absolute atomic E-state index is 11.2. The number of carbonyl (C=O) groups is 1. The lowest BCUT2D eigenvalue weighted by molar-refractivity contribution is -0.128. The van der Waals surface area contributed by atoms with Crippen LogP contribution in [0.15, 0.2) is 0 Å². The van der Waals surface area contributed by atoms with E-state index in [-0.39, 0.29) is 5.91 Å². The average molecular weight is 154 g/mol. The van der Waals surface area contributed by atoms with Gasteiger partial charge in [-0.1, -0.05) is 12.8 Å². The summed E-state index contributed by atoms with van der Waals surface area (Å²) in [5.41, 5.74) is 0. The molecule has 2 fully saturated rings. The van der Waals surface area contributed by atoms with Crippen molar-refractivity contribution in [2.24, 2.45) is 0 Å². The monoisotopic (exact) mass is 154 g/mol. The fraction of sp³-hybridized carbons (Fsp3) is 0.875. The van der Waals surface area contributed by atoms with Gasteiger partial charge in [0.2, 0.25) is 5.91 Å². The first-order valence-corrected chi connectivity index (χ1v) is 4.38. The van der Waals surface area contributed by atoms with Crippen molar-refractivity contribution in [2.45, 2.75) is 31.7 Å². The first-order chi connectivity index (χ1) is 5.38. The third kappa shape index (κ3) is 1.25. The largest absolute Gasteiger partial charge is 0.326 e. The Kier molecular flexibility index (Phi) is 1.82. The summed E-state index contributed by atoms with van der Waals surface area (Å²) in [6.45, 7) is 1.33. The minimum Gasteiger partial charge on any atom is -0.326 e. The molecule has 1 saturated heterocycles. The van der Waals surface area contributed by atoms with Crippen molar-refractivity contribution in [3.63, 3.8) is 0 Å². The molecule has 11 heavy (non-hydrogen) atoms. The Morgan fingerprint density at radius 3 is 2.64 bits per heavy atom. The normalized spacial score (nSPS) is 26.9. The van der Waals surface area contributed by atoms with Crippen LogP contribution < -0.4 is 5.32 Å². The molecule has 1 amide bonds. The molecule has 0 spiro atoms. The highest BCUT2D eigenvalue weighted by Gasteiger charge is 2.29. The van der Waals surface area contributed by atoms with Gasteiger partial charge in [-0.15, -0.1) is 0 Å². The molecule has 2 rings (SSSR count). The van der Waals surface area contributed by atoms with Crippen molar-refractivity contribution >= 4 is 5.91 Å². The van der Waals surface area contributed by atoms with E-state index < -0.39 is 0 Å². The Morgan fingerprint density at radius 2 is 2.09 bits per heavy atom. The van der Waals surface area contributed by atoms with Gasteiger partial charge in [-0.2, -0.15) is 0 Å². The van der Waals surface area contributed by atoms with Gasteiger partial charge in [-0.3, -0.25) is 10.1 Å². The molecule has 0 atom stereocenters.